The fraction of sp³-hybridized carbons (Fsp3) is 0.595. The third-order valence-electron chi connectivity index (χ3n) is 22.0. The molecule has 12 heterocycles. The van der Waals surface area contributed by atoms with Gasteiger partial charge in [0.1, 0.15) is 46.4 Å². The predicted octanol–water partition coefficient (Wildman–Crippen LogP) is 10.2. The van der Waals surface area contributed by atoms with Crippen LogP contribution in [0, 0.1) is 31.3 Å². The number of piperidine rings is 6. The van der Waals surface area contributed by atoms with Gasteiger partial charge in [-0.3, -0.25) is 14.4 Å². The van der Waals surface area contributed by atoms with Crippen molar-refractivity contribution in [3.05, 3.63) is 99.7 Å². The summed E-state index contributed by atoms with van der Waals surface area (Å²) in [5.41, 5.74) is 5.16. The second-order valence-corrected chi connectivity index (χ2v) is 29.7. The summed E-state index contributed by atoms with van der Waals surface area (Å²) < 4.78 is 70.6. The number of halogens is 3. The van der Waals surface area contributed by atoms with Crippen molar-refractivity contribution in [1.82, 2.24) is 89.6 Å². The molecule has 0 saturated carbocycles. The zero-order chi connectivity index (χ0) is 73.2. The Morgan fingerprint density at radius 1 is 0.490 bits per heavy atom. The van der Waals surface area contributed by atoms with Crippen LogP contribution in [0.5, 0.6) is 5.75 Å². The van der Waals surface area contributed by atoms with Gasteiger partial charge in [0, 0.05) is 79.8 Å². The van der Waals surface area contributed by atoms with Gasteiger partial charge in [-0.05, 0) is 212 Å². The summed E-state index contributed by atoms with van der Waals surface area (Å²) in [5, 5.41) is 51.2. The Hall–Kier alpha value is -8.71. The Bertz CT molecular complexity index is 4470. The van der Waals surface area contributed by atoms with E-state index in [4.69, 9.17) is 23.4 Å². The average molecular weight is 1440 g/mol. The second-order valence-electron chi connectivity index (χ2n) is 29.7. The van der Waals surface area contributed by atoms with E-state index < -0.39 is 18.4 Å². The van der Waals surface area contributed by atoms with E-state index >= 15 is 0 Å². The maximum Gasteiger partial charge on any atom is 0.303 e. The zero-order valence-electron chi connectivity index (χ0n) is 61.0. The highest BCUT2D eigenvalue weighted by atomic mass is 19.1. The third-order valence-corrected chi connectivity index (χ3v) is 22.0. The number of rotatable bonds is 15. The number of hydrogen-bond acceptors (Lipinski definition) is 22. The van der Waals surface area contributed by atoms with E-state index in [0.717, 1.165) is 150 Å². The average Bonchev–Trinajstić information content (AvgIpc) is 1.62. The topological polar surface area (TPSA) is 299 Å². The molecule has 558 valence electrons. The third kappa shape index (κ3) is 15.5. The van der Waals surface area contributed by atoms with Gasteiger partial charge in [0.05, 0.1) is 22.5 Å². The van der Waals surface area contributed by atoms with Crippen LogP contribution in [0.25, 0.3) is 50.6 Å². The molecular weight excluding hydrogens is 1340 g/mol. The van der Waals surface area contributed by atoms with E-state index in [0.29, 0.717) is 90.0 Å². The van der Waals surface area contributed by atoms with Crippen LogP contribution in [-0.2, 0) is 19.1 Å². The van der Waals surface area contributed by atoms with Gasteiger partial charge in [-0.25, -0.2) is 13.2 Å². The van der Waals surface area contributed by atoms with Gasteiger partial charge < -0.3 is 58.3 Å². The molecule has 3 N–H and O–H groups in total. The number of aryl methyl sites for hydroxylation is 2. The number of nitrogens with one attached hydrogen (secondary N) is 1. The molecule has 6 aliphatic rings. The van der Waals surface area contributed by atoms with Crippen molar-refractivity contribution < 1.29 is 56.1 Å². The fourth-order valence-electron chi connectivity index (χ4n) is 16.1. The molecular formula is C74H97F3N18O9. The monoisotopic (exact) mass is 1440 g/mol. The predicted molar refractivity (Wildman–Crippen MR) is 380 cm³/mol. The van der Waals surface area contributed by atoms with Gasteiger partial charge in [0.15, 0.2) is 6.61 Å². The second kappa shape index (κ2) is 31.9. The van der Waals surface area contributed by atoms with Crippen molar-refractivity contribution >= 4 is 50.5 Å². The summed E-state index contributed by atoms with van der Waals surface area (Å²) in [5.74, 6) is 1.20. The van der Waals surface area contributed by atoms with Crippen molar-refractivity contribution in [3.63, 3.8) is 0 Å². The number of aromatic nitrogens is 12. The summed E-state index contributed by atoms with van der Waals surface area (Å²) >= 11 is 0. The van der Waals surface area contributed by atoms with Crippen LogP contribution in [-0.4, -0.2) is 222 Å². The van der Waals surface area contributed by atoms with Crippen LogP contribution < -0.4 is 5.32 Å². The Morgan fingerprint density at radius 3 is 1.18 bits per heavy atom. The minimum atomic E-state index is -0.511. The molecule has 0 spiro atoms. The standard InChI is InChI=1S/C27H35FN6O4.C24H31FN6O4.C23H31FN6O/c1-16(2)24-23-17(3)5-6-21(28)25(23)34(30-24)27-29-26(38-31-27)19-7-11-32(12-8-19)20-9-13-33(14-10-20)22(36)15-37-18(4)35;1-14(2)21-20-18(33)4-3-17(25)22(20)31(27-21)24-26-23(35-28-24)15-5-9-29(10-6-15)16-7-11-30(12-8-16)19(34)13-32;1-14(2)20-19-15(3)4-5-18(24)21(19)30(27-20)23-26-22(31-28-23)16-8-12-29(13-9-16)17-6-10-25-11-7-17/h5-6,16,19-20H,7-15H2,1-4H3;3-4,14-16,32-33H,5-13H2,1-2H3;4-5,14,16-17,25H,6-13H2,1-3H3. The Balaban J connectivity index is 0.000000139. The molecule has 3 aromatic carbocycles. The first kappa shape index (κ1) is 73.6. The molecule has 15 rings (SSSR count). The van der Waals surface area contributed by atoms with Crippen LogP contribution >= 0.6 is 0 Å². The van der Waals surface area contributed by atoms with Gasteiger partial charge in [-0.15, -0.1) is 0 Å². The zero-order valence-corrected chi connectivity index (χ0v) is 61.0. The number of aliphatic hydroxyl groups excluding tert-OH is 1. The van der Waals surface area contributed by atoms with Crippen LogP contribution in [0.1, 0.15) is 207 Å². The molecule has 30 heteroatoms. The Morgan fingerprint density at radius 2 is 0.827 bits per heavy atom. The molecule has 104 heavy (non-hydrogen) atoms. The first-order chi connectivity index (χ1) is 50.1. The SMILES string of the molecule is CC(=O)OCC(=O)N1CCC(N2CCC(c3nc(-n4nc(C(C)C)c5c(C)ccc(F)c54)no3)CC2)CC1.CC(C)c1nn(-c2noc(C3CCN(C4CCN(C(=O)CO)CC4)CC3)n2)c2c(F)ccc(O)c12.Cc1ccc(F)c2c1c(C(C)C)nn2-c1noc(C2CCN(C3CCNCC3)CC2)n1. The molecule has 0 bridgehead atoms. The van der Waals surface area contributed by atoms with Crippen LogP contribution in [0.15, 0.2) is 50.0 Å². The first-order valence-corrected chi connectivity index (χ1v) is 37.1. The molecule has 9 aromatic rings. The van der Waals surface area contributed by atoms with Crippen LogP contribution in [0.4, 0.5) is 13.2 Å². The number of phenols is 1. The molecule has 0 atom stereocenters. The number of esters is 1. The van der Waals surface area contributed by atoms with E-state index in [2.05, 4.69) is 79.6 Å². The van der Waals surface area contributed by atoms with Crippen molar-refractivity contribution in [2.45, 2.75) is 193 Å². The number of fused-ring (bicyclic) bond motifs is 3. The van der Waals surface area contributed by atoms with Gasteiger partial charge in [0.2, 0.25) is 23.6 Å². The summed E-state index contributed by atoms with van der Waals surface area (Å²) in [6, 6.07) is 10.6. The summed E-state index contributed by atoms with van der Waals surface area (Å²) in [4.78, 5) is 59.8. The summed E-state index contributed by atoms with van der Waals surface area (Å²) in [6.07, 6.45) is 11.6. The lowest BCUT2D eigenvalue weighted by Crippen LogP contribution is -2.49. The fourth-order valence-corrected chi connectivity index (χ4v) is 16.1. The lowest BCUT2D eigenvalue weighted by Gasteiger charge is -2.41. The molecule has 2 amide bonds. The smallest absolute Gasteiger partial charge is 0.303 e. The number of carbonyl (C=O) groups is 3. The van der Waals surface area contributed by atoms with E-state index in [1.807, 2.05) is 41.5 Å². The van der Waals surface area contributed by atoms with Gasteiger partial charge in [-0.2, -0.15) is 44.3 Å². The van der Waals surface area contributed by atoms with Crippen molar-refractivity contribution in [2.75, 3.05) is 91.8 Å². The molecule has 6 fully saturated rings. The number of aliphatic hydroxyl groups is 1. The number of ether oxygens (including phenoxy) is 1. The molecule has 6 aromatic heterocycles. The lowest BCUT2D eigenvalue weighted by molar-refractivity contribution is -0.151. The lowest BCUT2D eigenvalue weighted by atomic mass is 9.93. The van der Waals surface area contributed by atoms with E-state index in [-0.39, 0.29) is 88.7 Å². The highest BCUT2D eigenvalue weighted by molar-refractivity contribution is 5.90. The van der Waals surface area contributed by atoms with Crippen molar-refractivity contribution in [3.8, 4) is 23.6 Å². The molecule has 0 radical (unpaired) electrons. The van der Waals surface area contributed by atoms with Gasteiger partial charge >= 0.3 is 5.97 Å². The maximum atomic E-state index is 14.9. The number of amides is 2. The summed E-state index contributed by atoms with van der Waals surface area (Å²) in [6.45, 7) is 27.4. The molecule has 6 saturated heterocycles. The maximum absolute atomic E-state index is 14.9. The number of aromatic hydroxyl groups is 1. The van der Waals surface area contributed by atoms with Crippen molar-refractivity contribution in [2.24, 2.45) is 0 Å². The Kier molecular flexibility index (Phi) is 22.6. The number of likely N-dealkylation sites (tertiary alicyclic amines) is 5. The normalized spacial score (nSPS) is 18.7. The first-order valence-electron chi connectivity index (χ1n) is 37.1. The van der Waals surface area contributed by atoms with Gasteiger partial charge in [0.25, 0.3) is 23.8 Å². The largest absolute Gasteiger partial charge is 0.507 e. The molecule has 0 unspecified atom stereocenters. The Labute approximate surface area is 601 Å². The van der Waals surface area contributed by atoms with Crippen molar-refractivity contribution in [1.29, 1.82) is 0 Å². The number of benzene rings is 3. The van der Waals surface area contributed by atoms with E-state index in [1.165, 1.54) is 58.1 Å². The number of phenolic OH excluding ortho intramolecular Hbond substituents is 1. The highest BCUT2D eigenvalue weighted by Gasteiger charge is 2.37. The van der Waals surface area contributed by atoms with E-state index in [1.54, 1.807) is 21.9 Å². The number of carbonyl (C=O) groups excluding carboxylic acids is 3. The summed E-state index contributed by atoms with van der Waals surface area (Å²) in [7, 11) is 0. The minimum absolute atomic E-state index is 0.0287. The quantitative estimate of drug-likeness (QED) is 0.0804. The van der Waals surface area contributed by atoms with Crippen LogP contribution in [0.2, 0.25) is 0 Å². The number of nitrogens with zero attached hydrogens (tertiary/aromatic N) is 17. The van der Waals surface area contributed by atoms with Gasteiger partial charge in [-0.1, -0.05) is 53.7 Å². The highest BCUT2D eigenvalue weighted by Crippen LogP contribution is 2.39. The molecule has 27 nitrogen and oxygen atoms in total. The molecule has 6 aliphatic heterocycles. The van der Waals surface area contributed by atoms with Crippen LogP contribution in [0.3, 0.4) is 0 Å². The molecule has 0 aliphatic carbocycles. The number of hydrogen-bond donors (Lipinski definition) is 3. The van der Waals surface area contributed by atoms with E-state index in [9.17, 15) is 32.7 Å². The minimum Gasteiger partial charge on any atom is -0.507 e.